The molecule has 0 saturated carbocycles. The molecule has 37 heavy (non-hydrogen) atoms. The number of aromatic nitrogens is 2. The van der Waals surface area contributed by atoms with Crippen molar-refractivity contribution in [2.24, 2.45) is 0 Å². The van der Waals surface area contributed by atoms with Crippen LogP contribution in [0.2, 0.25) is 0 Å². The summed E-state index contributed by atoms with van der Waals surface area (Å²) < 4.78 is 36.0. The third-order valence-electron chi connectivity index (χ3n) is 5.51. The summed E-state index contributed by atoms with van der Waals surface area (Å²) in [6, 6.07) is 7.24. The van der Waals surface area contributed by atoms with Crippen LogP contribution in [0.1, 0.15) is 31.8 Å². The molecular formula is C23H29N4O8PS. The van der Waals surface area contributed by atoms with Crippen LogP contribution >= 0.6 is 19.1 Å². The monoisotopic (exact) mass is 552 g/mol. The summed E-state index contributed by atoms with van der Waals surface area (Å²) in [5, 5.41) is 26.3. The summed E-state index contributed by atoms with van der Waals surface area (Å²) in [6.45, 7) is 4.43. The van der Waals surface area contributed by atoms with Gasteiger partial charge in [-0.25, -0.2) is 14.5 Å². The topological polar surface area (TPSA) is 175 Å². The molecule has 4 rings (SSSR count). The zero-order valence-electron chi connectivity index (χ0n) is 20.4. The number of rotatable bonds is 10. The number of benzene rings is 1. The molecule has 0 spiro atoms. The molecule has 1 fully saturated rings. The van der Waals surface area contributed by atoms with Crippen LogP contribution in [-0.2, 0) is 23.4 Å². The van der Waals surface area contributed by atoms with Crippen LogP contribution in [0.15, 0.2) is 42.0 Å². The van der Waals surface area contributed by atoms with E-state index in [1.165, 1.54) is 24.6 Å². The van der Waals surface area contributed by atoms with Crippen LogP contribution < -0.4 is 15.3 Å². The van der Waals surface area contributed by atoms with E-state index >= 15 is 0 Å². The predicted octanol–water partition coefficient (Wildman–Crippen LogP) is 2.57. The van der Waals surface area contributed by atoms with Crippen molar-refractivity contribution < 1.29 is 38.1 Å². The van der Waals surface area contributed by atoms with Crippen molar-refractivity contribution in [2.45, 2.75) is 57.3 Å². The number of carbonyl (C=O) groups excluding carboxylic acids is 1. The maximum atomic E-state index is 13.7. The number of fused-ring (bicyclic) bond motifs is 1. The van der Waals surface area contributed by atoms with Gasteiger partial charge in [0.25, 0.3) is 0 Å². The Bertz CT molecular complexity index is 1280. The van der Waals surface area contributed by atoms with Crippen LogP contribution in [0.25, 0.3) is 10.9 Å². The Labute approximate surface area is 217 Å². The van der Waals surface area contributed by atoms with Crippen LogP contribution in [0.5, 0.6) is 5.75 Å². The van der Waals surface area contributed by atoms with E-state index in [-0.39, 0.29) is 17.7 Å². The number of anilines is 1. The van der Waals surface area contributed by atoms with Gasteiger partial charge in [-0.2, -0.15) is 5.09 Å². The number of esters is 1. The van der Waals surface area contributed by atoms with E-state index in [9.17, 15) is 19.6 Å². The molecule has 1 aliphatic heterocycles. The van der Waals surface area contributed by atoms with Crippen molar-refractivity contribution in [3.05, 3.63) is 46.9 Å². The SMILES string of the molecule is CC(C)OC(=O)[C@@H](C)NP(=O)(OC[C@H]1O[C@@H](c2scc3c(N)ncnc23)[C@H](O)[C@@H]1O)Oc1ccccc1. The second-order valence-electron chi connectivity index (χ2n) is 8.73. The highest BCUT2D eigenvalue weighted by Crippen LogP contribution is 2.47. The first-order valence-corrected chi connectivity index (χ1v) is 14.0. The van der Waals surface area contributed by atoms with Gasteiger partial charge in [0, 0.05) is 5.38 Å². The number of aliphatic hydroxyl groups excluding tert-OH is 2. The first-order chi connectivity index (χ1) is 17.6. The summed E-state index contributed by atoms with van der Waals surface area (Å²) in [5.74, 6) is -0.125. The lowest BCUT2D eigenvalue weighted by atomic mass is 10.1. The third kappa shape index (κ3) is 6.27. The highest BCUT2D eigenvalue weighted by molar-refractivity contribution is 7.52. The smallest absolute Gasteiger partial charge is 0.459 e. The summed E-state index contributed by atoms with van der Waals surface area (Å²) >= 11 is 1.26. The molecule has 0 aliphatic carbocycles. The van der Waals surface area contributed by atoms with E-state index < -0.39 is 50.8 Å². The fourth-order valence-corrected chi connectivity index (χ4v) is 6.29. The van der Waals surface area contributed by atoms with E-state index in [1.54, 1.807) is 49.6 Å². The van der Waals surface area contributed by atoms with Gasteiger partial charge in [-0.1, -0.05) is 18.2 Å². The minimum absolute atomic E-state index is 0.232. The molecule has 0 amide bonds. The van der Waals surface area contributed by atoms with Gasteiger partial charge < -0.3 is 29.9 Å². The number of aliphatic hydroxyl groups is 2. The summed E-state index contributed by atoms with van der Waals surface area (Å²) in [5.41, 5.74) is 6.41. The van der Waals surface area contributed by atoms with Gasteiger partial charge in [0.1, 0.15) is 48.4 Å². The number of hydrogen-bond donors (Lipinski definition) is 4. The van der Waals surface area contributed by atoms with Crippen molar-refractivity contribution in [1.82, 2.24) is 15.1 Å². The fraction of sp³-hybridized carbons (Fsp3) is 0.435. The number of thiophene rings is 1. The molecule has 0 bridgehead atoms. The average Bonchev–Trinajstić information content (AvgIpc) is 3.40. The van der Waals surface area contributed by atoms with Crippen LogP contribution in [-0.4, -0.2) is 63.2 Å². The van der Waals surface area contributed by atoms with Crippen molar-refractivity contribution in [3.63, 3.8) is 0 Å². The Balaban J connectivity index is 1.50. The highest BCUT2D eigenvalue weighted by atomic mass is 32.1. The van der Waals surface area contributed by atoms with Gasteiger partial charge >= 0.3 is 13.7 Å². The quantitative estimate of drug-likeness (QED) is 0.214. The van der Waals surface area contributed by atoms with E-state index in [0.29, 0.717) is 15.8 Å². The summed E-state index contributed by atoms with van der Waals surface area (Å²) in [4.78, 5) is 21.1. The average molecular weight is 553 g/mol. The number of carbonyl (C=O) groups is 1. The standard InChI is InChI=1S/C23H29N4O8PS/c1-12(2)33-23(30)13(3)27-36(31,35-14-7-5-4-6-8-14)32-9-16-18(28)19(29)20(34-16)21-17-15(10-37-21)22(24)26-11-25-17/h4-8,10-13,16,18-20,28-29H,9H2,1-3H3,(H,27,31)(H2,24,25,26)/t13-,16-,18-,19-,20-,36?/m1/s1. The summed E-state index contributed by atoms with van der Waals surface area (Å²) in [7, 11) is -4.18. The van der Waals surface area contributed by atoms with Gasteiger partial charge in [-0.15, -0.1) is 11.3 Å². The fourth-order valence-electron chi connectivity index (χ4n) is 3.71. The molecule has 1 saturated heterocycles. The van der Waals surface area contributed by atoms with E-state index in [1.807, 2.05) is 0 Å². The zero-order valence-corrected chi connectivity index (χ0v) is 22.1. The second kappa shape index (κ2) is 11.4. The van der Waals surface area contributed by atoms with Gasteiger partial charge in [0.15, 0.2) is 0 Å². The highest BCUT2D eigenvalue weighted by Gasteiger charge is 2.46. The van der Waals surface area contributed by atoms with Crippen LogP contribution in [0.4, 0.5) is 5.82 Å². The number of nitrogens with one attached hydrogen (secondary N) is 1. The minimum atomic E-state index is -4.18. The van der Waals surface area contributed by atoms with E-state index in [2.05, 4.69) is 15.1 Å². The lowest BCUT2D eigenvalue weighted by Gasteiger charge is -2.25. The van der Waals surface area contributed by atoms with Crippen molar-refractivity contribution >= 4 is 41.8 Å². The van der Waals surface area contributed by atoms with Crippen LogP contribution in [0, 0.1) is 0 Å². The molecule has 200 valence electrons. The van der Waals surface area contributed by atoms with E-state index in [4.69, 9.17) is 24.3 Å². The van der Waals surface area contributed by atoms with Gasteiger partial charge in [0.2, 0.25) is 0 Å². The molecule has 14 heteroatoms. The number of para-hydroxylation sites is 1. The van der Waals surface area contributed by atoms with Gasteiger partial charge in [-0.3, -0.25) is 9.32 Å². The maximum Gasteiger partial charge on any atom is 0.459 e. The number of nitrogens with two attached hydrogens (primary N) is 1. The molecule has 1 aromatic carbocycles. The molecule has 12 nitrogen and oxygen atoms in total. The predicted molar refractivity (Wildman–Crippen MR) is 136 cm³/mol. The Kier molecular flexibility index (Phi) is 8.44. The number of ether oxygens (including phenoxy) is 2. The molecule has 1 unspecified atom stereocenters. The van der Waals surface area contributed by atoms with Crippen molar-refractivity contribution in [2.75, 3.05) is 12.3 Å². The first kappa shape index (κ1) is 27.4. The number of hydrogen-bond acceptors (Lipinski definition) is 12. The molecule has 6 atom stereocenters. The van der Waals surface area contributed by atoms with Crippen LogP contribution in [0.3, 0.4) is 0 Å². The molecule has 2 aromatic heterocycles. The second-order valence-corrected chi connectivity index (χ2v) is 11.3. The zero-order chi connectivity index (χ0) is 26.7. The molecule has 3 aromatic rings. The lowest BCUT2D eigenvalue weighted by molar-refractivity contribution is -0.149. The molecule has 0 radical (unpaired) electrons. The Morgan fingerprint density at radius 3 is 2.65 bits per heavy atom. The first-order valence-electron chi connectivity index (χ1n) is 11.5. The summed E-state index contributed by atoms with van der Waals surface area (Å²) in [6.07, 6.45) is -3.74. The van der Waals surface area contributed by atoms with Gasteiger partial charge in [0.05, 0.1) is 28.5 Å². The maximum absolute atomic E-state index is 13.7. The largest absolute Gasteiger partial charge is 0.462 e. The molecule has 5 N–H and O–H groups in total. The molecule has 1 aliphatic rings. The van der Waals surface area contributed by atoms with Crippen molar-refractivity contribution in [1.29, 1.82) is 0 Å². The Morgan fingerprint density at radius 1 is 1.22 bits per heavy atom. The Hall–Kier alpha value is -2.64. The lowest BCUT2D eigenvalue weighted by Crippen LogP contribution is -2.38. The van der Waals surface area contributed by atoms with Crippen molar-refractivity contribution in [3.8, 4) is 5.75 Å². The normalized spacial score (nSPS) is 24.2. The third-order valence-corrected chi connectivity index (χ3v) is 8.18. The number of nitrogens with zero attached hydrogens (tertiary/aromatic N) is 2. The molecular weight excluding hydrogens is 523 g/mol. The Morgan fingerprint density at radius 2 is 1.95 bits per heavy atom. The minimum Gasteiger partial charge on any atom is -0.462 e. The van der Waals surface area contributed by atoms with Gasteiger partial charge in [-0.05, 0) is 32.9 Å². The number of nitrogen functional groups attached to an aromatic ring is 1. The van der Waals surface area contributed by atoms with E-state index in [0.717, 1.165) is 0 Å². The molecule has 3 heterocycles.